The summed E-state index contributed by atoms with van der Waals surface area (Å²) in [5.41, 5.74) is 1.08. The summed E-state index contributed by atoms with van der Waals surface area (Å²) in [5.74, 6) is 0.533. The molecule has 4 heterocycles. The van der Waals surface area contributed by atoms with E-state index in [0.717, 1.165) is 39.0 Å². The SMILES string of the molecule is CCCC12CN3CC(C)(CN(C1)C3c1cccc3ccccc13)C2=O. The fraction of sp³-hybridized carbons (Fsp3) is 0.500. The molecule has 130 valence electrons. The predicted octanol–water partition coefficient (Wildman–Crippen LogP) is 3.85. The Kier molecular flexibility index (Phi) is 3.20. The zero-order chi connectivity index (χ0) is 17.2. The van der Waals surface area contributed by atoms with E-state index in [-0.39, 0.29) is 10.8 Å². The molecule has 0 spiro atoms. The molecule has 0 amide bonds. The van der Waals surface area contributed by atoms with Gasteiger partial charge in [0.05, 0.1) is 17.0 Å². The van der Waals surface area contributed by atoms with Crippen LogP contribution in [0.3, 0.4) is 0 Å². The number of hydrogen-bond acceptors (Lipinski definition) is 3. The molecule has 4 bridgehead atoms. The van der Waals surface area contributed by atoms with Gasteiger partial charge >= 0.3 is 0 Å². The molecule has 2 aromatic rings. The highest BCUT2D eigenvalue weighted by Crippen LogP contribution is 2.54. The van der Waals surface area contributed by atoms with Gasteiger partial charge in [0.1, 0.15) is 5.78 Å². The van der Waals surface area contributed by atoms with Crippen LogP contribution >= 0.6 is 0 Å². The van der Waals surface area contributed by atoms with E-state index in [4.69, 9.17) is 0 Å². The first kappa shape index (κ1) is 15.5. The Balaban J connectivity index is 1.61. The van der Waals surface area contributed by atoms with E-state index in [9.17, 15) is 4.79 Å². The lowest BCUT2D eigenvalue weighted by atomic mass is 9.59. The van der Waals surface area contributed by atoms with Gasteiger partial charge < -0.3 is 0 Å². The predicted molar refractivity (Wildman–Crippen MR) is 100 cm³/mol. The lowest BCUT2D eigenvalue weighted by Crippen LogP contribution is -2.76. The van der Waals surface area contributed by atoms with Gasteiger partial charge in [0, 0.05) is 26.2 Å². The largest absolute Gasteiger partial charge is 0.298 e. The van der Waals surface area contributed by atoms with Crippen LogP contribution in [-0.2, 0) is 4.79 Å². The number of carbonyl (C=O) groups excluding carboxylic acids is 1. The molecule has 25 heavy (non-hydrogen) atoms. The van der Waals surface area contributed by atoms with Crippen molar-refractivity contribution in [3.8, 4) is 0 Å². The second-order valence-electron chi connectivity index (χ2n) is 8.67. The quantitative estimate of drug-likeness (QED) is 0.852. The normalized spacial score (nSPS) is 39.3. The van der Waals surface area contributed by atoms with Gasteiger partial charge in [-0.1, -0.05) is 62.7 Å². The van der Waals surface area contributed by atoms with Crippen molar-refractivity contribution >= 4 is 16.6 Å². The summed E-state index contributed by atoms with van der Waals surface area (Å²) >= 11 is 0. The Morgan fingerprint density at radius 2 is 1.68 bits per heavy atom. The molecule has 0 saturated carbocycles. The van der Waals surface area contributed by atoms with Crippen LogP contribution < -0.4 is 0 Å². The van der Waals surface area contributed by atoms with Crippen LogP contribution in [0.5, 0.6) is 0 Å². The van der Waals surface area contributed by atoms with E-state index in [0.29, 0.717) is 11.9 Å². The van der Waals surface area contributed by atoms with Crippen LogP contribution in [0.1, 0.15) is 38.4 Å². The maximum atomic E-state index is 13.2. The summed E-state index contributed by atoms with van der Waals surface area (Å²) < 4.78 is 0. The van der Waals surface area contributed by atoms with Gasteiger partial charge in [-0.3, -0.25) is 14.6 Å². The molecule has 2 atom stereocenters. The molecule has 4 saturated heterocycles. The molecule has 0 N–H and O–H groups in total. The van der Waals surface area contributed by atoms with Crippen LogP contribution in [0.15, 0.2) is 42.5 Å². The summed E-state index contributed by atoms with van der Waals surface area (Å²) in [7, 11) is 0. The molecular formula is C22H26N2O. The van der Waals surface area contributed by atoms with Crippen LogP contribution in [0.4, 0.5) is 0 Å². The molecule has 2 unspecified atom stereocenters. The molecule has 0 aromatic heterocycles. The first-order chi connectivity index (χ1) is 12.1. The van der Waals surface area contributed by atoms with Gasteiger partial charge in [-0.25, -0.2) is 0 Å². The number of piperidine rings is 2. The molecule has 6 rings (SSSR count). The van der Waals surface area contributed by atoms with E-state index in [1.165, 1.54) is 16.3 Å². The second-order valence-corrected chi connectivity index (χ2v) is 8.67. The molecule has 4 fully saturated rings. The maximum absolute atomic E-state index is 13.2. The van der Waals surface area contributed by atoms with Gasteiger partial charge in [-0.15, -0.1) is 0 Å². The number of benzene rings is 2. The van der Waals surface area contributed by atoms with Gasteiger partial charge in [0.2, 0.25) is 0 Å². The number of rotatable bonds is 3. The molecular weight excluding hydrogens is 308 g/mol. The van der Waals surface area contributed by atoms with Crippen molar-refractivity contribution in [1.29, 1.82) is 0 Å². The third-order valence-corrected chi connectivity index (χ3v) is 6.67. The van der Waals surface area contributed by atoms with Crippen molar-refractivity contribution in [2.24, 2.45) is 10.8 Å². The third-order valence-electron chi connectivity index (χ3n) is 6.67. The lowest BCUT2D eigenvalue weighted by molar-refractivity contribution is -0.201. The zero-order valence-electron chi connectivity index (χ0n) is 15.2. The van der Waals surface area contributed by atoms with Gasteiger partial charge in [-0.05, 0) is 22.8 Å². The Labute approximate surface area is 149 Å². The number of hydrogen-bond donors (Lipinski definition) is 0. The Hall–Kier alpha value is -1.71. The molecule has 2 aromatic carbocycles. The smallest absolute Gasteiger partial charge is 0.150 e. The van der Waals surface area contributed by atoms with E-state index >= 15 is 0 Å². The highest BCUT2D eigenvalue weighted by atomic mass is 16.1. The highest BCUT2D eigenvalue weighted by Gasteiger charge is 2.63. The van der Waals surface area contributed by atoms with Gasteiger partial charge in [0.25, 0.3) is 0 Å². The van der Waals surface area contributed by atoms with Gasteiger partial charge in [0.15, 0.2) is 0 Å². The van der Waals surface area contributed by atoms with E-state index in [2.05, 4.69) is 66.1 Å². The number of fused-ring (bicyclic) bond motifs is 1. The fourth-order valence-corrected chi connectivity index (χ4v) is 6.01. The maximum Gasteiger partial charge on any atom is 0.150 e. The Bertz CT molecular complexity index is 837. The van der Waals surface area contributed by atoms with Crippen molar-refractivity contribution in [2.75, 3.05) is 26.2 Å². The minimum absolute atomic E-state index is 0.138. The standard InChI is InChI=1S/C22H26N2O/c1-3-11-22-14-23-12-21(2,20(22)25)13-24(15-22)19(23)18-10-6-8-16-7-4-5-9-17(16)18/h4-10,19H,3,11-15H2,1-2H3. The summed E-state index contributed by atoms with van der Waals surface area (Å²) in [6.07, 6.45) is 2.43. The Morgan fingerprint density at radius 3 is 2.40 bits per heavy atom. The van der Waals surface area contributed by atoms with Crippen molar-refractivity contribution in [1.82, 2.24) is 9.80 Å². The van der Waals surface area contributed by atoms with Crippen LogP contribution in [-0.4, -0.2) is 41.8 Å². The Morgan fingerprint density at radius 1 is 1.00 bits per heavy atom. The number of Topliss-reactive ketones (excluding diaryl/α,β-unsaturated/α-hetero) is 1. The molecule has 0 radical (unpaired) electrons. The van der Waals surface area contributed by atoms with Crippen molar-refractivity contribution in [3.05, 3.63) is 48.0 Å². The van der Waals surface area contributed by atoms with Gasteiger partial charge in [-0.2, -0.15) is 0 Å². The second kappa shape index (κ2) is 5.15. The monoisotopic (exact) mass is 334 g/mol. The minimum Gasteiger partial charge on any atom is -0.298 e. The average molecular weight is 334 g/mol. The highest BCUT2D eigenvalue weighted by molar-refractivity contribution is 5.93. The molecule has 3 heteroatoms. The molecule has 3 nitrogen and oxygen atoms in total. The van der Waals surface area contributed by atoms with Crippen molar-refractivity contribution < 1.29 is 4.79 Å². The third kappa shape index (κ3) is 2.03. The minimum atomic E-state index is -0.188. The molecule has 4 aliphatic heterocycles. The van der Waals surface area contributed by atoms with Crippen molar-refractivity contribution in [3.63, 3.8) is 0 Å². The zero-order valence-corrected chi connectivity index (χ0v) is 15.2. The number of carbonyl (C=O) groups is 1. The summed E-state index contributed by atoms with van der Waals surface area (Å²) in [4.78, 5) is 18.4. The summed E-state index contributed by atoms with van der Waals surface area (Å²) in [6.45, 7) is 8.07. The van der Waals surface area contributed by atoms with Crippen LogP contribution in [0, 0.1) is 10.8 Å². The summed E-state index contributed by atoms with van der Waals surface area (Å²) in [5, 5.41) is 2.66. The first-order valence-corrected chi connectivity index (χ1v) is 9.57. The van der Waals surface area contributed by atoms with Crippen molar-refractivity contribution in [2.45, 2.75) is 32.9 Å². The van der Waals surface area contributed by atoms with E-state index < -0.39 is 0 Å². The molecule has 0 aliphatic carbocycles. The van der Waals surface area contributed by atoms with E-state index in [1.807, 2.05) is 0 Å². The average Bonchev–Trinajstić information content (AvgIpc) is 2.59. The lowest BCUT2D eigenvalue weighted by Gasteiger charge is -2.65. The number of nitrogens with zero attached hydrogens (tertiary/aromatic N) is 2. The first-order valence-electron chi connectivity index (χ1n) is 9.57. The fourth-order valence-electron chi connectivity index (χ4n) is 6.01. The van der Waals surface area contributed by atoms with E-state index in [1.54, 1.807) is 0 Å². The number of ketones is 1. The van der Waals surface area contributed by atoms with Crippen LogP contribution in [0.25, 0.3) is 10.8 Å². The topological polar surface area (TPSA) is 23.6 Å². The summed E-state index contributed by atoms with van der Waals surface area (Å²) in [6, 6.07) is 15.3. The van der Waals surface area contributed by atoms with Crippen LogP contribution in [0.2, 0.25) is 0 Å². The molecule has 4 aliphatic rings.